The smallest absolute Gasteiger partial charge is 0.355 e. The van der Waals surface area contributed by atoms with Crippen molar-refractivity contribution in [3.63, 3.8) is 0 Å². The molecule has 3 aromatic rings. The summed E-state index contributed by atoms with van der Waals surface area (Å²) in [6.07, 6.45) is 1.55. The zero-order valence-electron chi connectivity index (χ0n) is 15.6. The standard InChI is InChI=1S/C22H20N2O4/c1-15(25)18-12-20(24(2)13-18)22(27)28-14-21(26)23-19-10-8-17(9-11-19)16-6-4-3-5-7-16/h3-13H,14H2,1-2H3,(H,23,26). The topological polar surface area (TPSA) is 77.4 Å². The van der Waals surface area contributed by atoms with Crippen LogP contribution in [0.15, 0.2) is 66.9 Å². The fraction of sp³-hybridized carbons (Fsp3) is 0.136. The second kappa shape index (κ2) is 8.35. The third-order valence-corrected chi connectivity index (χ3v) is 4.23. The number of rotatable bonds is 6. The number of amides is 1. The quantitative estimate of drug-likeness (QED) is 0.526. The first-order chi connectivity index (χ1) is 13.4. The van der Waals surface area contributed by atoms with E-state index >= 15 is 0 Å². The summed E-state index contributed by atoms with van der Waals surface area (Å²) in [5.41, 5.74) is 3.36. The monoisotopic (exact) mass is 376 g/mol. The summed E-state index contributed by atoms with van der Waals surface area (Å²) in [4.78, 5) is 35.6. The van der Waals surface area contributed by atoms with Gasteiger partial charge in [-0.05, 0) is 36.2 Å². The maximum Gasteiger partial charge on any atom is 0.355 e. The van der Waals surface area contributed by atoms with Crippen molar-refractivity contribution >= 4 is 23.3 Å². The van der Waals surface area contributed by atoms with Gasteiger partial charge in [0.25, 0.3) is 5.91 Å². The SMILES string of the molecule is CC(=O)c1cc(C(=O)OCC(=O)Nc2ccc(-c3ccccc3)cc2)n(C)c1. The first kappa shape index (κ1) is 19.1. The van der Waals surface area contributed by atoms with E-state index in [2.05, 4.69) is 5.32 Å². The average molecular weight is 376 g/mol. The lowest BCUT2D eigenvalue weighted by Crippen LogP contribution is -2.21. The molecule has 0 spiro atoms. The van der Waals surface area contributed by atoms with Crippen molar-refractivity contribution in [3.05, 3.63) is 78.1 Å². The minimum Gasteiger partial charge on any atom is -0.451 e. The Balaban J connectivity index is 1.56. The number of ketones is 1. The Kier molecular flexibility index (Phi) is 5.69. The molecule has 0 saturated heterocycles. The van der Waals surface area contributed by atoms with Gasteiger partial charge >= 0.3 is 5.97 Å². The highest BCUT2D eigenvalue weighted by Crippen LogP contribution is 2.21. The molecular weight excluding hydrogens is 356 g/mol. The van der Waals surface area contributed by atoms with Gasteiger partial charge in [0.1, 0.15) is 5.69 Å². The van der Waals surface area contributed by atoms with Gasteiger partial charge in [0, 0.05) is 24.5 Å². The molecule has 0 aliphatic rings. The fourth-order valence-corrected chi connectivity index (χ4v) is 2.74. The zero-order chi connectivity index (χ0) is 20.1. The van der Waals surface area contributed by atoms with E-state index in [0.717, 1.165) is 11.1 Å². The van der Waals surface area contributed by atoms with Gasteiger partial charge < -0.3 is 14.6 Å². The number of hydrogen-bond donors (Lipinski definition) is 1. The Hall–Kier alpha value is -3.67. The highest BCUT2D eigenvalue weighted by Gasteiger charge is 2.16. The lowest BCUT2D eigenvalue weighted by Gasteiger charge is -2.08. The number of aromatic nitrogens is 1. The number of ether oxygens (including phenoxy) is 1. The number of aryl methyl sites for hydroxylation is 1. The third kappa shape index (κ3) is 4.54. The van der Waals surface area contributed by atoms with E-state index in [9.17, 15) is 14.4 Å². The number of benzene rings is 2. The molecule has 28 heavy (non-hydrogen) atoms. The molecule has 0 saturated carbocycles. The minimum atomic E-state index is -0.662. The molecule has 0 bridgehead atoms. The molecule has 0 atom stereocenters. The number of carbonyl (C=O) groups excluding carboxylic acids is 3. The van der Waals surface area contributed by atoms with Gasteiger partial charge in [-0.25, -0.2) is 4.79 Å². The van der Waals surface area contributed by atoms with E-state index in [-0.39, 0.29) is 11.5 Å². The first-order valence-corrected chi connectivity index (χ1v) is 8.74. The molecule has 0 aliphatic carbocycles. The molecule has 3 rings (SSSR count). The summed E-state index contributed by atoms with van der Waals surface area (Å²) >= 11 is 0. The van der Waals surface area contributed by atoms with E-state index in [0.29, 0.717) is 11.3 Å². The van der Waals surface area contributed by atoms with E-state index in [1.807, 2.05) is 42.5 Å². The Morgan fingerprint density at radius 1 is 0.964 bits per heavy atom. The van der Waals surface area contributed by atoms with Crippen molar-refractivity contribution in [2.24, 2.45) is 7.05 Å². The molecule has 1 amide bonds. The average Bonchev–Trinajstić information content (AvgIpc) is 3.09. The van der Waals surface area contributed by atoms with Gasteiger partial charge in [-0.15, -0.1) is 0 Å². The second-order valence-electron chi connectivity index (χ2n) is 6.35. The van der Waals surface area contributed by atoms with Gasteiger partial charge in [-0.1, -0.05) is 42.5 Å². The van der Waals surface area contributed by atoms with Crippen LogP contribution in [0.1, 0.15) is 27.8 Å². The molecule has 0 unspecified atom stereocenters. The van der Waals surface area contributed by atoms with Crippen LogP contribution in [0.25, 0.3) is 11.1 Å². The van der Waals surface area contributed by atoms with E-state index in [1.165, 1.54) is 17.6 Å². The van der Waals surface area contributed by atoms with Crippen molar-refractivity contribution in [1.82, 2.24) is 4.57 Å². The summed E-state index contributed by atoms with van der Waals surface area (Å²) in [7, 11) is 1.64. The van der Waals surface area contributed by atoms with Gasteiger partial charge in [0.2, 0.25) is 0 Å². The fourth-order valence-electron chi connectivity index (χ4n) is 2.74. The van der Waals surface area contributed by atoms with Crippen LogP contribution < -0.4 is 5.32 Å². The number of nitrogens with one attached hydrogen (secondary N) is 1. The van der Waals surface area contributed by atoms with Gasteiger partial charge in [-0.3, -0.25) is 9.59 Å². The van der Waals surface area contributed by atoms with E-state index in [1.54, 1.807) is 25.4 Å². The maximum absolute atomic E-state index is 12.1. The maximum atomic E-state index is 12.1. The van der Waals surface area contributed by atoms with Gasteiger partial charge in [0.15, 0.2) is 12.4 Å². The molecule has 0 aliphatic heterocycles. The van der Waals surface area contributed by atoms with Crippen molar-refractivity contribution in [2.75, 3.05) is 11.9 Å². The number of carbonyl (C=O) groups is 3. The predicted molar refractivity (Wildman–Crippen MR) is 106 cm³/mol. The zero-order valence-corrected chi connectivity index (χ0v) is 15.6. The normalized spacial score (nSPS) is 10.4. The van der Waals surface area contributed by atoms with E-state index in [4.69, 9.17) is 4.74 Å². The van der Waals surface area contributed by atoms with Crippen molar-refractivity contribution in [3.8, 4) is 11.1 Å². The molecule has 1 heterocycles. The lowest BCUT2D eigenvalue weighted by molar-refractivity contribution is -0.119. The lowest BCUT2D eigenvalue weighted by atomic mass is 10.1. The highest BCUT2D eigenvalue weighted by atomic mass is 16.5. The van der Waals surface area contributed by atoms with Crippen LogP contribution in [0.5, 0.6) is 0 Å². The van der Waals surface area contributed by atoms with Crippen LogP contribution in [0.3, 0.4) is 0 Å². The van der Waals surface area contributed by atoms with Crippen LogP contribution in [-0.4, -0.2) is 28.8 Å². The van der Waals surface area contributed by atoms with Crippen LogP contribution in [-0.2, 0) is 16.6 Å². The molecule has 2 aromatic carbocycles. The summed E-state index contributed by atoms with van der Waals surface area (Å²) in [5.74, 6) is -1.25. The second-order valence-corrected chi connectivity index (χ2v) is 6.35. The molecule has 0 radical (unpaired) electrons. The van der Waals surface area contributed by atoms with Crippen LogP contribution >= 0.6 is 0 Å². The molecule has 6 heteroatoms. The van der Waals surface area contributed by atoms with Gasteiger partial charge in [-0.2, -0.15) is 0 Å². The Bertz CT molecular complexity index is 1000. The van der Waals surface area contributed by atoms with Gasteiger partial charge in [0.05, 0.1) is 0 Å². The van der Waals surface area contributed by atoms with Crippen LogP contribution in [0.2, 0.25) is 0 Å². The molecule has 0 fully saturated rings. The number of anilines is 1. The number of hydrogen-bond acceptors (Lipinski definition) is 4. The highest BCUT2D eigenvalue weighted by molar-refractivity contribution is 5.99. The molecule has 1 N–H and O–H groups in total. The van der Waals surface area contributed by atoms with Crippen LogP contribution in [0.4, 0.5) is 5.69 Å². The largest absolute Gasteiger partial charge is 0.451 e. The van der Waals surface area contributed by atoms with Crippen LogP contribution in [0, 0.1) is 0 Å². The van der Waals surface area contributed by atoms with Crippen molar-refractivity contribution < 1.29 is 19.1 Å². The summed E-state index contributed by atoms with van der Waals surface area (Å²) in [6.45, 7) is 1.00. The molecule has 142 valence electrons. The van der Waals surface area contributed by atoms with E-state index < -0.39 is 18.5 Å². The number of nitrogens with zero attached hydrogens (tertiary/aromatic N) is 1. The summed E-state index contributed by atoms with van der Waals surface area (Å²) in [5, 5.41) is 2.69. The Morgan fingerprint density at radius 3 is 2.21 bits per heavy atom. The Labute approximate surface area is 162 Å². The summed E-state index contributed by atoms with van der Waals surface area (Å²) < 4.78 is 6.55. The minimum absolute atomic E-state index is 0.147. The van der Waals surface area contributed by atoms with Crippen molar-refractivity contribution in [1.29, 1.82) is 0 Å². The molecule has 1 aromatic heterocycles. The Morgan fingerprint density at radius 2 is 1.61 bits per heavy atom. The predicted octanol–water partition coefficient (Wildman–Crippen LogP) is 3.69. The number of esters is 1. The number of Topliss-reactive ketones (excluding diaryl/α,β-unsaturated/α-hetero) is 1. The molecule has 6 nitrogen and oxygen atoms in total. The third-order valence-electron chi connectivity index (χ3n) is 4.23. The first-order valence-electron chi connectivity index (χ1n) is 8.74. The summed E-state index contributed by atoms with van der Waals surface area (Å²) in [6, 6.07) is 18.7. The van der Waals surface area contributed by atoms with Crippen molar-refractivity contribution in [2.45, 2.75) is 6.92 Å². The molecular formula is C22H20N2O4.